The molecule has 0 aromatic carbocycles. The van der Waals surface area contributed by atoms with Crippen LogP contribution in [0.1, 0.15) is 0 Å². The molecule has 1 aliphatic rings. The SMILES string of the molecule is C=C(CS)CN1CCN(C)CC1. The summed E-state index contributed by atoms with van der Waals surface area (Å²) >= 11 is 4.20. The van der Waals surface area contributed by atoms with Gasteiger partial charge in [-0.2, -0.15) is 12.6 Å². The third-order valence-electron chi connectivity index (χ3n) is 2.27. The highest BCUT2D eigenvalue weighted by atomic mass is 32.1. The lowest BCUT2D eigenvalue weighted by Crippen LogP contribution is -2.45. The van der Waals surface area contributed by atoms with Gasteiger partial charge < -0.3 is 4.90 Å². The van der Waals surface area contributed by atoms with Crippen molar-refractivity contribution in [2.24, 2.45) is 0 Å². The number of likely N-dealkylation sites (N-methyl/N-ethyl adjacent to an activating group) is 1. The minimum Gasteiger partial charge on any atom is -0.304 e. The number of rotatable bonds is 3. The summed E-state index contributed by atoms with van der Waals surface area (Å²) in [6.45, 7) is 9.68. The van der Waals surface area contributed by atoms with E-state index in [0.717, 1.165) is 12.3 Å². The summed E-state index contributed by atoms with van der Waals surface area (Å²) in [6.07, 6.45) is 0. The zero-order valence-corrected chi connectivity index (χ0v) is 8.69. The van der Waals surface area contributed by atoms with Crippen LogP contribution in [-0.2, 0) is 0 Å². The Labute approximate surface area is 80.6 Å². The average Bonchev–Trinajstić information content (AvgIpc) is 2.09. The van der Waals surface area contributed by atoms with Gasteiger partial charge in [0.05, 0.1) is 0 Å². The maximum atomic E-state index is 4.20. The fourth-order valence-electron chi connectivity index (χ4n) is 1.37. The molecule has 1 aliphatic heterocycles. The molecule has 1 rings (SSSR count). The van der Waals surface area contributed by atoms with Crippen LogP contribution < -0.4 is 0 Å². The van der Waals surface area contributed by atoms with E-state index in [0.29, 0.717) is 0 Å². The van der Waals surface area contributed by atoms with Gasteiger partial charge >= 0.3 is 0 Å². The fraction of sp³-hybridized carbons (Fsp3) is 0.778. The molecule has 0 aliphatic carbocycles. The summed E-state index contributed by atoms with van der Waals surface area (Å²) in [6, 6.07) is 0. The molecule has 0 spiro atoms. The summed E-state index contributed by atoms with van der Waals surface area (Å²) in [5.74, 6) is 0.812. The van der Waals surface area contributed by atoms with Gasteiger partial charge in [0.15, 0.2) is 0 Å². The van der Waals surface area contributed by atoms with Crippen LogP contribution in [0.2, 0.25) is 0 Å². The first-order chi connectivity index (χ1) is 5.72. The monoisotopic (exact) mass is 186 g/mol. The van der Waals surface area contributed by atoms with Crippen LogP contribution in [0.5, 0.6) is 0 Å². The summed E-state index contributed by atoms with van der Waals surface area (Å²) in [7, 11) is 2.17. The van der Waals surface area contributed by atoms with E-state index in [1.807, 2.05) is 0 Å². The first kappa shape index (κ1) is 10.1. The van der Waals surface area contributed by atoms with Crippen molar-refractivity contribution in [1.82, 2.24) is 9.80 Å². The highest BCUT2D eigenvalue weighted by Crippen LogP contribution is 2.03. The molecule has 0 aromatic heterocycles. The lowest BCUT2D eigenvalue weighted by molar-refractivity contribution is 0.164. The van der Waals surface area contributed by atoms with Gasteiger partial charge in [0.2, 0.25) is 0 Å². The van der Waals surface area contributed by atoms with Crippen LogP contribution in [-0.4, -0.2) is 55.3 Å². The van der Waals surface area contributed by atoms with Crippen LogP contribution in [0.25, 0.3) is 0 Å². The van der Waals surface area contributed by atoms with Crippen LogP contribution in [0.3, 0.4) is 0 Å². The van der Waals surface area contributed by atoms with E-state index in [1.165, 1.54) is 31.8 Å². The van der Waals surface area contributed by atoms with E-state index in [-0.39, 0.29) is 0 Å². The quantitative estimate of drug-likeness (QED) is 0.512. The van der Waals surface area contributed by atoms with E-state index in [9.17, 15) is 0 Å². The fourth-order valence-corrected chi connectivity index (χ4v) is 1.47. The Bertz CT molecular complexity index is 151. The molecule has 0 bridgehead atoms. The maximum absolute atomic E-state index is 4.20. The minimum absolute atomic E-state index is 0.812. The zero-order chi connectivity index (χ0) is 8.97. The largest absolute Gasteiger partial charge is 0.304 e. The highest BCUT2D eigenvalue weighted by Gasteiger charge is 2.13. The molecule has 12 heavy (non-hydrogen) atoms. The molecule has 70 valence electrons. The van der Waals surface area contributed by atoms with Crippen molar-refractivity contribution in [2.45, 2.75) is 0 Å². The molecule has 1 saturated heterocycles. The molecule has 0 amide bonds. The maximum Gasteiger partial charge on any atom is 0.0199 e. The molecule has 0 aromatic rings. The third-order valence-corrected chi connectivity index (χ3v) is 2.71. The zero-order valence-electron chi connectivity index (χ0n) is 7.79. The van der Waals surface area contributed by atoms with Crippen LogP contribution in [0.15, 0.2) is 12.2 Å². The smallest absolute Gasteiger partial charge is 0.0199 e. The molecular formula is C9H18N2S. The Morgan fingerprint density at radius 1 is 1.33 bits per heavy atom. The summed E-state index contributed by atoms with van der Waals surface area (Å²) in [5.41, 5.74) is 1.22. The molecule has 0 unspecified atom stereocenters. The minimum atomic E-state index is 0.812. The number of piperazine rings is 1. The van der Waals surface area contributed by atoms with Crippen molar-refractivity contribution in [2.75, 3.05) is 45.5 Å². The predicted octanol–water partition coefficient (Wildman–Crippen LogP) is 0.720. The standard InChI is InChI=1S/C9H18N2S/c1-9(8-12)7-11-5-3-10(2)4-6-11/h12H,1,3-8H2,2H3. The first-order valence-electron chi connectivity index (χ1n) is 4.41. The lowest BCUT2D eigenvalue weighted by Gasteiger charge is -2.32. The van der Waals surface area contributed by atoms with E-state index in [1.54, 1.807) is 0 Å². The molecule has 2 nitrogen and oxygen atoms in total. The normalized spacial score (nSPS) is 21.2. The van der Waals surface area contributed by atoms with Gasteiger partial charge in [-0.1, -0.05) is 12.2 Å². The number of thiol groups is 1. The Kier molecular flexibility index (Phi) is 4.12. The van der Waals surface area contributed by atoms with Gasteiger partial charge in [-0.3, -0.25) is 4.90 Å². The van der Waals surface area contributed by atoms with Gasteiger partial charge in [-0.15, -0.1) is 0 Å². The van der Waals surface area contributed by atoms with Crippen molar-refractivity contribution in [3.8, 4) is 0 Å². The van der Waals surface area contributed by atoms with Gasteiger partial charge in [-0.25, -0.2) is 0 Å². The molecule has 1 heterocycles. The van der Waals surface area contributed by atoms with E-state index in [2.05, 4.69) is 36.1 Å². The summed E-state index contributed by atoms with van der Waals surface area (Å²) < 4.78 is 0. The van der Waals surface area contributed by atoms with Crippen LogP contribution in [0, 0.1) is 0 Å². The van der Waals surface area contributed by atoms with Crippen LogP contribution in [0.4, 0.5) is 0 Å². The average molecular weight is 186 g/mol. The number of nitrogens with zero attached hydrogens (tertiary/aromatic N) is 2. The van der Waals surface area contributed by atoms with Crippen molar-refractivity contribution < 1.29 is 0 Å². The van der Waals surface area contributed by atoms with Crippen molar-refractivity contribution >= 4 is 12.6 Å². The van der Waals surface area contributed by atoms with E-state index >= 15 is 0 Å². The summed E-state index contributed by atoms with van der Waals surface area (Å²) in [5, 5.41) is 0. The van der Waals surface area contributed by atoms with Gasteiger partial charge in [0.1, 0.15) is 0 Å². The molecule has 0 atom stereocenters. The molecular weight excluding hydrogens is 168 g/mol. The Morgan fingerprint density at radius 2 is 1.92 bits per heavy atom. The Morgan fingerprint density at radius 3 is 2.42 bits per heavy atom. The van der Waals surface area contributed by atoms with Gasteiger partial charge in [0.25, 0.3) is 0 Å². The number of hydrogen-bond donors (Lipinski definition) is 1. The topological polar surface area (TPSA) is 6.48 Å². The molecule has 0 saturated carbocycles. The Balaban J connectivity index is 2.21. The van der Waals surface area contributed by atoms with Crippen molar-refractivity contribution in [3.63, 3.8) is 0 Å². The molecule has 0 N–H and O–H groups in total. The van der Waals surface area contributed by atoms with Gasteiger partial charge in [-0.05, 0) is 7.05 Å². The van der Waals surface area contributed by atoms with Crippen LogP contribution >= 0.6 is 12.6 Å². The van der Waals surface area contributed by atoms with Gasteiger partial charge in [0, 0.05) is 38.5 Å². The highest BCUT2D eigenvalue weighted by molar-refractivity contribution is 7.80. The third kappa shape index (κ3) is 3.17. The second-order valence-electron chi connectivity index (χ2n) is 3.49. The second kappa shape index (κ2) is 4.90. The Hall–Kier alpha value is 0.01000. The molecule has 0 radical (unpaired) electrons. The summed E-state index contributed by atoms with van der Waals surface area (Å²) in [4.78, 5) is 4.80. The van der Waals surface area contributed by atoms with E-state index < -0.39 is 0 Å². The molecule has 3 heteroatoms. The van der Waals surface area contributed by atoms with Crippen molar-refractivity contribution in [3.05, 3.63) is 12.2 Å². The molecule has 1 fully saturated rings. The van der Waals surface area contributed by atoms with Crippen molar-refractivity contribution in [1.29, 1.82) is 0 Å². The van der Waals surface area contributed by atoms with E-state index in [4.69, 9.17) is 0 Å². The first-order valence-corrected chi connectivity index (χ1v) is 5.04. The second-order valence-corrected chi connectivity index (χ2v) is 3.80. The number of hydrogen-bond acceptors (Lipinski definition) is 3. The predicted molar refractivity (Wildman–Crippen MR) is 56.9 cm³/mol. The lowest BCUT2D eigenvalue weighted by atomic mass is 10.2.